The van der Waals surface area contributed by atoms with E-state index in [0.29, 0.717) is 16.1 Å². The highest BCUT2D eigenvalue weighted by molar-refractivity contribution is 6.35. The van der Waals surface area contributed by atoms with Crippen LogP contribution in [0.5, 0.6) is 0 Å². The Bertz CT molecular complexity index is 511. The topological polar surface area (TPSA) is 26.0 Å². The molecule has 0 radical (unpaired) electrons. The van der Waals surface area contributed by atoms with E-state index in [1.807, 2.05) is 12.1 Å². The third kappa shape index (κ3) is 1.97. The summed E-state index contributed by atoms with van der Waals surface area (Å²) in [5.41, 5.74) is 2.40. The van der Waals surface area contributed by atoms with Gasteiger partial charge >= 0.3 is 0 Å². The van der Waals surface area contributed by atoms with Gasteiger partial charge in [0.15, 0.2) is 5.58 Å². The van der Waals surface area contributed by atoms with Crippen molar-refractivity contribution in [2.45, 2.75) is 26.2 Å². The summed E-state index contributed by atoms with van der Waals surface area (Å²) in [4.78, 5) is 4.06. The quantitative estimate of drug-likeness (QED) is 0.685. The SMILES string of the molecule is CC(C)(C)c1cc(Cl)c2oc(Cl)nc2c1. The molecule has 0 aliphatic carbocycles. The van der Waals surface area contributed by atoms with Crippen LogP contribution >= 0.6 is 23.2 Å². The van der Waals surface area contributed by atoms with Gasteiger partial charge in [-0.2, -0.15) is 4.98 Å². The fraction of sp³-hybridized carbons (Fsp3) is 0.364. The van der Waals surface area contributed by atoms with E-state index >= 15 is 0 Å². The Morgan fingerprint density at radius 3 is 2.47 bits per heavy atom. The monoisotopic (exact) mass is 243 g/mol. The van der Waals surface area contributed by atoms with E-state index in [4.69, 9.17) is 27.6 Å². The molecule has 2 nitrogen and oxygen atoms in total. The minimum absolute atomic E-state index is 0.0310. The molecule has 1 heterocycles. The molecular weight excluding hydrogens is 233 g/mol. The van der Waals surface area contributed by atoms with Gasteiger partial charge in [-0.25, -0.2) is 0 Å². The standard InChI is InChI=1S/C11H11Cl2NO/c1-11(2,3)6-4-7(12)9-8(5-6)14-10(13)15-9/h4-5H,1-3H3. The van der Waals surface area contributed by atoms with Crippen LogP contribution in [0.15, 0.2) is 16.5 Å². The van der Waals surface area contributed by atoms with Gasteiger partial charge in [-0.1, -0.05) is 32.4 Å². The second-order valence-electron chi connectivity index (χ2n) is 4.52. The summed E-state index contributed by atoms with van der Waals surface area (Å²) in [5.74, 6) is 0. The van der Waals surface area contributed by atoms with Gasteiger partial charge in [-0.3, -0.25) is 0 Å². The highest BCUT2D eigenvalue weighted by Crippen LogP contribution is 2.32. The average molecular weight is 244 g/mol. The largest absolute Gasteiger partial charge is 0.426 e. The lowest BCUT2D eigenvalue weighted by atomic mass is 9.87. The Balaban J connectivity index is 2.72. The minimum atomic E-state index is 0.0310. The molecule has 0 amide bonds. The molecule has 0 atom stereocenters. The van der Waals surface area contributed by atoms with Crippen LogP contribution in [0.1, 0.15) is 26.3 Å². The molecule has 1 aromatic heterocycles. The first-order chi connectivity index (χ1) is 6.88. The molecular formula is C11H11Cl2NO. The van der Waals surface area contributed by atoms with Crippen molar-refractivity contribution in [1.82, 2.24) is 4.98 Å². The van der Waals surface area contributed by atoms with Gasteiger partial charge in [0.2, 0.25) is 0 Å². The first-order valence-electron chi connectivity index (χ1n) is 4.64. The van der Waals surface area contributed by atoms with Crippen molar-refractivity contribution in [2.24, 2.45) is 0 Å². The minimum Gasteiger partial charge on any atom is -0.426 e. The lowest BCUT2D eigenvalue weighted by molar-refractivity contribution is 0.589. The maximum Gasteiger partial charge on any atom is 0.293 e. The predicted octanol–water partition coefficient (Wildman–Crippen LogP) is 4.43. The predicted molar refractivity (Wildman–Crippen MR) is 62.7 cm³/mol. The highest BCUT2D eigenvalue weighted by atomic mass is 35.5. The number of nitrogens with zero attached hydrogens (tertiary/aromatic N) is 1. The molecule has 2 aromatic rings. The van der Waals surface area contributed by atoms with Crippen LogP contribution in [0, 0.1) is 0 Å². The molecule has 2 rings (SSSR count). The van der Waals surface area contributed by atoms with E-state index in [1.165, 1.54) is 0 Å². The summed E-state index contributed by atoms with van der Waals surface area (Å²) in [6.45, 7) is 6.35. The molecule has 0 saturated carbocycles. The van der Waals surface area contributed by atoms with E-state index in [0.717, 1.165) is 5.56 Å². The maximum atomic E-state index is 6.09. The number of hydrogen-bond acceptors (Lipinski definition) is 2. The van der Waals surface area contributed by atoms with Crippen LogP contribution in [0.3, 0.4) is 0 Å². The number of aromatic nitrogens is 1. The van der Waals surface area contributed by atoms with Crippen molar-refractivity contribution in [1.29, 1.82) is 0 Å². The Morgan fingerprint density at radius 1 is 1.20 bits per heavy atom. The van der Waals surface area contributed by atoms with Crippen molar-refractivity contribution in [3.8, 4) is 0 Å². The zero-order valence-electron chi connectivity index (χ0n) is 8.77. The Morgan fingerprint density at radius 2 is 1.87 bits per heavy atom. The summed E-state index contributed by atoms with van der Waals surface area (Å²) >= 11 is 11.8. The highest BCUT2D eigenvalue weighted by Gasteiger charge is 2.18. The molecule has 0 saturated heterocycles. The van der Waals surface area contributed by atoms with Crippen molar-refractivity contribution in [3.63, 3.8) is 0 Å². The van der Waals surface area contributed by atoms with Crippen LogP contribution < -0.4 is 0 Å². The fourth-order valence-electron chi connectivity index (χ4n) is 1.40. The van der Waals surface area contributed by atoms with Crippen LogP contribution in [0.2, 0.25) is 10.4 Å². The number of hydrogen-bond donors (Lipinski definition) is 0. The molecule has 0 aliphatic rings. The molecule has 0 aliphatic heterocycles. The van der Waals surface area contributed by atoms with Crippen molar-refractivity contribution >= 4 is 34.3 Å². The molecule has 0 fully saturated rings. The van der Waals surface area contributed by atoms with E-state index < -0.39 is 0 Å². The molecule has 0 unspecified atom stereocenters. The first-order valence-corrected chi connectivity index (χ1v) is 5.39. The summed E-state index contributed by atoms with van der Waals surface area (Å²) in [5, 5.41) is 0.676. The van der Waals surface area contributed by atoms with Gasteiger partial charge < -0.3 is 4.42 Å². The van der Waals surface area contributed by atoms with Crippen molar-refractivity contribution in [2.75, 3.05) is 0 Å². The third-order valence-corrected chi connectivity index (χ3v) is 2.73. The number of oxazole rings is 1. The van der Waals surface area contributed by atoms with Crippen LogP contribution in [-0.2, 0) is 5.41 Å². The number of fused-ring (bicyclic) bond motifs is 1. The zero-order valence-corrected chi connectivity index (χ0v) is 10.3. The summed E-state index contributed by atoms with van der Waals surface area (Å²) < 4.78 is 5.19. The molecule has 0 bridgehead atoms. The van der Waals surface area contributed by atoms with Gasteiger partial charge in [0.05, 0.1) is 5.02 Å². The Labute approximate surface area is 98.2 Å². The summed E-state index contributed by atoms with van der Waals surface area (Å²) in [6.07, 6.45) is 0. The van der Waals surface area contributed by atoms with Gasteiger partial charge in [0.1, 0.15) is 5.52 Å². The van der Waals surface area contributed by atoms with Crippen molar-refractivity contribution in [3.05, 3.63) is 28.1 Å². The van der Waals surface area contributed by atoms with Crippen LogP contribution in [-0.4, -0.2) is 4.98 Å². The van der Waals surface area contributed by atoms with Gasteiger partial charge in [-0.05, 0) is 34.7 Å². The zero-order chi connectivity index (χ0) is 11.2. The van der Waals surface area contributed by atoms with E-state index in [9.17, 15) is 0 Å². The average Bonchev–Trinajstić information content (AvgIpc) is 2.44. The maximum absolute atomic E-state index is 6.09. The lowest BCUT2D eigenvalue weighted by Crippen LogP contribution is -2.10. The van der Waals surface area contributed by atoms with E-state index in [-0.39, 0.29) is 10.8 Å². The van der Waals surface area contributed by atoms with Crippen LogP contribution in [0.25, 0.3) is 11.1 Å². The molecule has 0 N–H and O–H groups in total. The molecule has 1 aromatic carbocycles. The summed E-state index contributed by atoms with van der Waals surface area (Å²) in [7, 11) is 0. The van der Waals surface area contributed by atoms with E-state index in [1.54, 1.807) is 0 Å². The molecule has 4 heteroatoms. The van der Waals surface area contributed by atoms with Gasteiger partial charge in [-0.15, -0.1) is 0 Å². The molecule has 15 heavy (non-hydrogen) atoms. The third-order valence-electron chi connectivity index (χ3n) is 2.28. The smallest absolute Gasteiger partial charge is 0.293 e. The Kier molecular flexibility index (Phi) is 2.44. The molecule has 0 spiro atoms. The van der Waals surface area contributed by atoms with Gasteiger partial charge in [0, 0.05) is 0 Å². The Hall–Kier alpha value is -0.730. The second kappa shape index (κ2) is 3.39. The second-order valence-corrected chi connectivity index (χ2v) is 5.25. The molecule has 80 valence electrons. The van der Waals surface area contributed by atoms with E-state index in [2.05, 4.69) is 25.8 Å². The van der Waals surface area contributed by atoms with Crippen LogP contribution in [0.4, 0.5) is 0 Å². The fourth-order valence-corrected chi connectivity index (χ4v) is 1.82. The summed E-state index contributed by atoms with van der Waals surface area (Å²) in [6, 6.07) is 3.85. The van der Waals surface area contributed by atoms with Gasteiger partial charge in [0.25, 0.3) is 5.35 Å². The number of halogens is 2. The first kappa shape index (κ1) is 10.8. The lowest BCUT2D eigenvalue weighted by Gasteiger charge is -2.18. The van der Waals surface area contributed by atoms with Crippen molar-refractivity contribution < 1.29 is 4.42 Å². The number of rotatable bonds is 0. The normalized spacial score (nSPS) is 12.3. The number of benzene rings is 1.